The molecule has 1 aliphatic heterocycles. The molecule has 1 unspecified atom stereocenters. The number of unbranched alkanes of at least 4 members (excludes halogenated alkanes) is 1. The summed E-state index contributed by atoms with van der Waals surface area (Å²) in [7, 11) is 0. The number of rotatable bonds is 4. The van der Waals surface area contributed by atoms with Gasteiger partial charge in [0.1, 0.15) is 11.2 Å². The Kier molecular flexibility index (Phi) is 5.07. The molecular weight excluding hydrogens is 263 g/mol. The third kappa shape index (κ3) is 3.62. The van der Waals surface area contributed by atoms with E-state index >= 15 is 0 Å². The first kappa shape index (κ1) is 14.2. The van der Waals surface area contributed by atoms with Crippen LogP contribution >= 0.6 is 11.8 Å². The maximum atomic E-state index is 12.9. The second kappa shape index (κ2) is 6.80. The van der Waals surface area contributed by atoms with Crippen molar-refractivity contribution >= 4 is 17.8 Å². The monoisotopic (exact) mass is 282 g/mol. The Bertz CT molecular complexity index is 424. The van der Waals surface area contributed by atoms with Crippen molar-refractivity contribution < 1.29 is 9.18 Å². The number of hydrogen-bond donors (Lipinski definition) is 1. The largest absolute Gasteiger partial charge is 0.338 e. The highest BCUT2D eigenvalue weighted by Gasteiger charge is 2.30. The molecule has 1 fully saturated rings. The lowest BCUT2D eigenvalue weighted by Gasteiger charge is -2.24. The molecule has 1 aromatic carbocycles. The van der Waals surface area contributed by atoms with Crippen molar-refractivity contribution in [3.8, 4) is 0 Å². The lowest BCUT2D eigenvalue weighted by molar-refractivity contribution is 0.200. The number of halogens is 1. The number of nitrogens with one attached hydrogen (secondary N) is 1. The molecule has 19 heavy (non-hydrogen) atoms. The van der Waals surface area contributed by atoms with Gasteiger partial charge in [-0.15, -0.1) is 11.8 Å². The molecule has 0 aliphatic carbocycles. The van der Waals surface area contributed by atoms with Crippen LogP contribution in [0.4, 0.5) is 9.18 Å². The Balaban J connectivity index is 2.00. The predicted molar refractivity (Wildman–Crippen MR) is 76.6 cm³/mol. The summed E-state index contributed by atoms with van der Waals surface area (Å²) in [5.74, 6) is 0.675. The first-order chi connectivity index (χ1) is 9.22. The van der Waals surface area contributed by atoms with Crippen LogP contribution < -0.4 is 5.32 Å². The van der Waals surface area contributed by atoms with E-state index in [1.54, 1.807) is 23.9 Å². The normalized spacial score (nSPS) is 18.6. The fourth-order valence-corrected chi connectivity index (χ4v) is 3.31. The summed E-state index contributed by atoms with van der Waals surface area (Å²) in [5, 5.41) is 2.94. The van der Waals surface area contributed by atoms with Gasteiger partial charge in [0.05, 0.1) is 0 Å². The van der Waals surface area contributed by atoms with E-state index in [1.165, 1.54) is 12.1 Å². The quantitative estimate of drug-likeness (QED) is 0.859. The molecule has 2 rings (SSSR count). The van der Waals surface area contributed by atoms with E-state index in [9.17, 15) is 9.18 Å². The van der Waals surface area contributed by atoms with Gasteiger partial charge < -0.3 is 10.2 Å². The molecular formula is C14H19FN2OS. The molecule has 1 N–H and O–H groups in total. The molecule has 104 valence electrons. The molecule has 2 amide bonds. The van der Waals surface area contributed by atoms with Crippen LogP contribution in [-0.4, -0.2) is 29.8 Å². The van der Waals surface area contributed by atoms with E-state index in [-0.39, 0.29) is 17.2 Å². The van der Waals surface area contributed by atoms with Crippen molar-refractivity contribution in [1.82, 2.24) is 10.2 Å². The van der Waals surface area contributed by atoms with Gasteiger partial charge in [-0.25, -0.2) is 9.18 Å². The number of nitrogens with zero attached hydrogens (tertiary/aromatic N) is 1. The lowest BCUT2D eigenvalue weighted by atomic mass is 10.2. The summed E-state index contributed by atoms with van der Waals surface area (Å²) in [4.78, 5) is 13.9. The van der Waals surface area contributed by atoms with Crippen molar-refractivity contribution in [3.63, 3.8) is 0 Å². The van der Waals surface area contributed by atoms with Gasteiger partial charge in [-0.2, -0.15) is 0 Å². The molecule has 1 aromatic rings. The smallest absolute Gasteiger partial charge is 0.318 e. The summed E-state index contributed by atoms with van der Waals surface area (Å²) in [6, 6.07) is 6.38. The SMILES string of the molecule is CCCCNC(=O)N1CCSC1c1ccc(F)cc1. The second-order valence-corrected chi connectivity index (χ2v) is 5.74. The summed E-state index contributed by atoms with van der Waals surface area (Å²) in [5.41, 5.74) is 0.981. The summed E-state index contributed by atoms with van der Waals surface area (Å²) < 4.78 is 12.9. The Morgan fingerprint density at radius 1 is 1.47 bits per heavy atom. The van der Waals surface area contributed by atoms with Gasteiger partial charge in [0.15, 0.2) is 0 Å². The second-order valence-electron chi connectivity index (χ2n) is 4.55. The number of thioether (sulfide) groups is 1. The molecule has 1 saturated heterocycles. The fourth-order valence-electron chi connectivity index (χ4n) is 2.06. The van der Waals surface area contributed by atoms with Crippen LogP contribution in [-0.2, 0) is 0 Å². The molecule has 0 bridgehead atoms. The Morgan fingerprint density at radius 2 is 2.21 bits per heavy atom. The van der Waals surface area contributed by atoms with Gasteiger partial charge in [-0.1, -0.05) is 25.5 Å². The minimum absolute atomic E-state index is 0.00206. The van der Waals surface area contributed by atoms with Gasteiger partial charge in [0.2, 0.25) is 0 Å². The Hall–Kier alpha value is -1.23. The molecule has 1 heterocycles. The third-order valence-corrected chi connectivity index (χ3v) is 4.37. The van der Waals surface area contributed by atoms with Crippen molar-refractivity contribution in [2.24, 2.45) is 0 Å². The van der Waals surface area contributed by atoms with Crippen molar-refractivity contribution in [2.75, 3.05) is 18.8 Å². The number of hydrogen-bond acceptors (Lipinski definition) is 2. The van der Waals surface area contributed by atoms with E-state index in [2.05, 4.69) is 12.2 Å². The van der Waals surface area contributed by atoms with Crippen LogP contribution in [0.1, 0.15) is 30.7 Å². The highest BCUT2D eigenvalue weighted by atomic mass is 32.2. The highest BCUT2D eigenvalue weighted by molar-refractivity contribution is 7.99. The molecule has 5 heteroatoms. The number of urea groups is 1. The molecule has 0 saturated carbocycles. The molecule has 0 spiro atoms. The number of benzene rings is 1. The predicted octanol–water partition coefficient (Wildman–Crippen LogP) is 3.38. The zero-order valence-electron chi connectivity index (χ0n) is 11.1. The summed E-state index contributed by atoms with van der Waals surface area (Å²) in [6.45, 7) is 3.55. The Labute approximate surface area is 117 Å². The average molecular weight is 282 g/mol. The molecule has 1 aliphatic rings. The zero-order valence-corrected chi connectivity index (χ0v) is 11.9. The maximum Gasteiger partial charge on any atom is 0.318 e. The van der Waals surface area contributed by atoms with Crippen LogP contribution in [0.25, 0.3) is 0 Å². The number of amides is 2. The van der Waals surface area contributed by atoms with E-state index in [4.69, 9.17) is 0 Å². The van der Waals surface area contributed by atoms with Gasteiger partial charge in [-0.05, 0) is 24.1 Å². The van der Waals surface area contributed by atoms with Gasteiger partial charge in [0.25, 0.3) is 0 Å². The molecule has 3 nitrogen and oxygen atoms in total. The third-order valence-electron chi connectivity index (χ3n) is 3.11. The molecule has 0 aromatic heterocycles. The van der Waals surface area contributed by atoms with E-state index < -0.39 is 0 Å². The Morgan fingerprint density at radius 3 is 2.89 bits per heavy atom. The number of carbonyl (C=O) groups is 1. The van der Waals surface area contributed by atoms with Crippen molar-refractivity contribution in [2.45, 2.75) is 25.1 Å². The van der Waals surface area contributed by atoms with Gasteiger partial charge in [-0.3, -0.25) is 0 Å². The molecule has 1 atom stereocenters. The van der Waals surface area contributed by atoms with Crippen LogP contribution in [0.3, 0.4) is 0 Å². The zero-order chi connectivity index (χ0) is 13.7. The van der Waals surface area contributed by atoms with Crippen LogP contribution in [0, 0.1) is 5.82 Å². The minimum atomic E-state index is -0.245. The van der Waals surface area contributed by atoms with E-state index in [1.807, 2.05) is 4.90 Å². The van der Waals surface area contributed by atoms with Crippen LogP contribution in [0.2, 0.25) is 0 Å². The maximum absolute atomic E-state index is 12.9. The summed E-state index contributed by atoms with van der Waals surface area (Å²) in [6.07, 6.45) is 2.06. The molecule has 0 radical (unpaired) electrons. The minimum Gasteiger partial charge on any atom is -0.338 e. The van der Waals surface area contributed by atoms with Crippen LogP contribution in [0.5, 0.6) is 0 Å². The number of carbonyl (C=O) groups excluding carboxylic acids is 1. The fraction of sp³-hybridized carbons (Fsp3) is 0.500. The first-order valence-corrected chi connectivity index (χ1v) is 7.68. The van der Waals surface area contributed by atoms with Gasteiger partial charge >= 0.3 is 6.03 Å². The van der Waals surface area contributed by atoms with Crippen molar-refractivity contribution in [1.29, 1.82) is 0 Å². The van der Waals surface area contributed by atoms with Gasteiger partial charge in [0, 0.05) is 18.8 Å². The van der Waals surface area contributed by atoms with Crippen molar-refractivity contribution in [3.05, 3.63) is 35.6 Å². The van der Waals surface area contributed by atoms with E-state index in [0.717, 1.165) is 30.7 Å². The standard InChI is InChI=1S/C14H19FN2OS/c1-2-3-8-16-14(18)17-9-10-19-13(17)11-4-6-12(15)7-5-11/h4-7,13H,2-3,8-10H2,1H3,(H,16,18). The summed E-state index contributed by atoms with van der Waals surface area (Å²) >= 11 is 1.72. The van der Waals surface area contributed by atoms with E-state index in [0.29, 0.717) is 6.54 Å². The van der Waals surface area contributed by atoms with Crippen LogP contribution in [0.15, 0.2) is 24.3 Å². The average Bonchev–Trinajstić information content (AvgIpc) is 2.89. The highest BCUT2D eigenvalue weighted by Crippen LogP contribution is 2.37. The first-order valence-electron chi connectivity index (χ1n) is 6.64. The topological polar surface area (TPSA) is 32.3 Å². The lowest BCUT2D eigenvalue weighted by Crippen LogP contribution is -2.39.